The van der Waals surface area contributed by atoms with Gasteiger partial charge >= 0.3 is 0 Å². The van der Waals surface area contributed by atoms with Crippen molar-refractivity contribution in [2.24, 2.45) is 5.92 Å². The van der Waals surface area contributed by atoms with Gasteiger partial charge in [-0.3, -0.25) is 19.2 Å². The van der Waals surface area contributed by atoms with Crippen molar-refractivity contribution in [3.63, 3.8) is 0 Å². The summed E-state index contributed by atoms with van der Waals surface area (Å²) in [6, 6.07) is 8.16. The maximum Gasteiger partial charge on any atom is 0.245 e. The van der Waals surface area contributed by atoms with Crippen molar-refractivity contribution in [1.82, 2.24) is 31.6 Å². The normalized spacial score (nSPS) is 14.6. The first-order valence-electron chi connectivity index (χ1n) is 17.1. The number of H-pyrrole nitrogens is 1. The van der Waals surface area contributed by atoms with Crippen molar-refractivity contribution in [2.45, 2.75) is 89.7 Å². The van der Waals surface area contributed by atoms with Gasteiger partial charge in [0.05, 0.1) is 30.9 Å². The summed E-state index contributed by atoms with van der Waals surface area (Å²) in [5, 5.41) is 34.4. The average molecular weight is 709 g/mol. The minimum atomic E-state index is -1.42. The van der Waals surface area contributed by atoms with E-state index in [1.54, 1.807) is 40.0 Å². The lowest BCUT2D eigenvalue weighted by Crippen LogP contribution is -2.60. The first-order valence-corrected chi connectivity index (χ1v) is 17.1. The molecule has 278 valence electrons. The molecule has 2 aromatic carbocycles. The van der Waals surface area contributed by atoms with Crippen LogP contribution in [0.5, 0.6) is 5.75 Å². The van der Waals surface area contributed by atoms with Gasteiger partial charge in [0, 0.05) is 23.5 Å². The van der Waals surface area contributed by atoms with Crippen LogP contribution in [0, 0.1) is 5.92 Å². The number of phenolic OH excluding ortho intramolecular Hbond substituents is 1. The van der Waals surface area contributed by atoms with Gasteiger partial charge in [-0.25, -0.2) is 0 Å². The maximum atomic E-state index is 13.9. The number of hydrogen-bond acceptors (Lipinski definition) is 9. The van der Waals surface area contributed by atoms with Crippen LogP contribution in [0.4, 0.5) is 0 Å². The highest BCUT2D eigenvalue weighted by Gasteiger charge is 2.32. The molecule has 3 rings (SSSR count). The molecule has 8 N–H and O–H groups in total. The van der Waals surface area contributed by atoms with Crippen LogP contribution in [0.25, 0.3) is 10.9 Å². The molecule has 4 amide bonds. The molecule has 0 aliphatic heterocycles. The molecule has 0 saturated carbocycles. The van der Waals surface area contributed by atoms with E-state index in [0.717, 1.165) is 16.5 Å². The molecular formula is C37H52N6O8. The predicted molar refractivity (Wildman–Crippen MR) is 193 cm³/mol. The zero-order valence-electron chi connectivity index (χ0n) is 30.1. The number of nitrogens with one attached hydrogen (secondary N) is 6. The van der Waals surface area contributed by atoms with E-state index < -0.39 is 66.0 Å². The summed E-state index contributed by atoms with van der Waals surface area (Å²) in [6.45, 7) is 8.18. The Balaban J connectivity index is 1.80. The number of aromatic hydroxyl groups is 1. The molecule has 0 saturated heterocycles. The van der Waals surface area contributed by atoms with E-state index in [2.05, 4.69) is 31.6 Å². The number of amides is 4. The number of aromatic nitrogens is 1. The minimum absolute atomic E-state index is 0.000706. The number of carbonyl (C=O) groups is 5. The summed E-state index contributed by atoms with van der Waals surface area (Å²) in [7, 11) is 1.61. The second-order valence-electron chi connectivity index (χ2n) is 13.9. The number of likely N-dealkylation sites (N-methyl/N-ethyl adjacent to an activating group) is 1. The molecule has 5 atom stereocenters. The Morgan fingerprint density at radius 2 is 1.41 bits per heavy atom. The van der Waals surface area contributed by atoms with Crippen molar-refractivity contribution < 1.29 is 38.9 Å². The number of hydrogen-bond donors (Lipinski definition) is 8. The van der Waals surface area contributed by atoms with Gasteiger partial charge < -0.3 is 51.3 Å². The quantitative estimate of drug-likeness (QED) is 0.0841. The van der Waals surface area contributed by atoms with Gasteiger partial charge in [0.15, 0.2) is 0 Å². The zero-order chi connectivity index (χ0) is 37.7. The molecule has 51 heavy (non-hydrogen) atoms. The van der Waals surface area contributed by atoms with Crippen LogP contribution in [0.2, 0.25) is 0 Å². The predicted octanol–water partition coefficient (Wildman–Crippen LogP) is 1.24. The van der Waals surface area contributed by atoms with Crippen LogP contribution in [0.15, 0.2) is 54.7 Å². The summed E-state index contributed by atoms with van der Waals surface area (Å²) in [6.07, 6.45) is 3.06. The Morgan fingerprint density at radius 3 is 2.02 bits per heavy atom. The number of ether oxygens (including phenoxy) is 1. The van der Waals surface area contributed by atoms with Gasteiger partial charge in [0.25, 0.3) is 0 Å². The second kappa shape index (κ2) is 19.0. The monoisotopic (exact) mass is 708 g/mol. The third-order valence-corrected chi connectivity index (χ3v) is 8.12. The number of aliphatic hydroxyl groups excluding tert-OH is 1. The molecule has 14 nitrogen and oxygen atoms in total. The Morgan fingerprint density at radius 1 is 0.824 bits per heavy atom. The Kier molecular flexibility index (Phi) is 15.1. The van der Waals surface area contributed by atoms with Gasteiger partial charge in [-0.05, 0) is 75.9 Å². The molecule has 0 aliphatic carbocycles. The highest BCUT2D eigenvalue weighted by atomic mass is 16.5. The molecule has 5 unspecified atom stereocenters. The molecule has 1 aromatic heterocycles. The lowest BCUT2D eigenvalue weighted by atomic mass is 10.0. The lowest BCUT2D eigenvalue weighted by Gasteiger charge is -2.28. The first kappa shape index (κ1) is 40.6. The van der Waals surface area contributed by atoms with E-state index in [0.29, 0.717) is 24.7 Å². The maximum absolute atomic E-state index is 13.9. The third-order valence-electron chi connectivity index (χ3n) is 8.12. The van der Waals surface area contributed by atoms with Crippen molar-refractivity contribution in [2.75, 3.05) is 20.3 Å². The SMILES string of the molecule is CNC(Cc1c[nH]c2ccccc12)C(=O)NC(CO)C(=O)NC(Cc1ccc(O)cc1)C(=O)NC(COC(C)(C)C)C(=O)NC(C=O)CC(C)C. The van der Waals surface area contributed by atoms with Gasteiger partial charge in [-0.15, -0.1) is 0 Å². The minimum Gasteiger partial charge on any atom is -0.508 e. The number of aromatic amines is 1. The number of para-hydroxylation sites is 1. The third kappa shape index (κ3) is 12.8. The molecule has 3 aromatic rings. The van der Waals surface area contributed by atoms with E-state index in [1.165, 1.54) is 12.1 Å². The number of aliphatic hydroxyl groups is 1. The van der Waals surface area contributed by atoms with Crippen LogP contribution in [0.1, 0.15) is 52.2 Å². The van der Waals surface area contributed by atoms with Crippen LogP contribution in [-0.2, 0) is 41.6 Å². The van der Waals surface area contributed by atoms with E-state index in [1.807, 2.05) is 44.3 Å². The fourth-order valence-electron chi connectivity index (χ4n) is 5.39. The molecular weight excluding hydrogens is 656 g/mol. The molecule has 1 heterocycles. The number of aldehydes is 1. The van der Waals surface area contributed by atoms with Gasteiger partial charge in [0.1, 0.15) is 30.2 Å². The Labute approximate surface area is 298 Å². The Hall–Kier alpha value is -4.79. The number of rotatable bonds is 19. The molecule has 0 radical (unpaired) electrons. The zero-order valence-corrected chi connectivity index (χ0v) is 30.1. The summed E-state index contributed by atoms with van der Waals surface area (Å²) >= 11 is 0. The van der Waals surface area contributed by atoms with Crippen LogP contribution < -0.4 is 26.6 Å². The van der Waals surface area contributed by atoms with E-state index in [-0.39, 0.29) is 24.7 Å². The summed E-state index contributed by atoms with van der Waals surface area (Å²) in [5.74, 6) is -2.66. The summed E-state index contributed by atoms with van der Waals surface area (Å²) in [5.41, 5.74) is 1.69. The summed E-state index contributed by atoms with van der Waals surface area (Å²) in [4.78, 5) is 69.0. The van der Waals surface area contributed by atoms with Crippen molar-refractivity contribution in [3.8, 4) is 5.75 Å². The van der Waals surface area contributed by atoms with E-state index in [4.69, 9.17) is 4.74 Å². The van der Waals surface area contributed by atoms with Gasteiger partial charge in [-0.2, -0.15) is 0 Å². The molecule has 0 spiro atoms. The van der Waals surface area contributed by atoms with Crippen molar-refractivity contribution in [1.29, 1.82) is 0 Å². The number of benzene rings is 2. The second-order valence-corrected chi connectivity index (χ2v) is 13.9. The number of carbonyl (C=O) groups excluding carboxylic acids is 5. The van der Waals surface area contributed by atoms with Crippen LogP contribution >= 0.6 is 0 Å². The Bertz CT molecular complexity index is 1620. The van der Waals surface area contributed by atoms with Gasteiger partial charge in [0.2, 0.25) is 23.6 Å². The number of phenols is 1. The van der Waals surface area contributed by atoms with Crippen molar-refractivity contribution in [3.05, 3.63) is 65.9 Å². The standard InChI is InChI=1S/C37H52N6O8/c1-22(2)15-25(19-44)40-36(50)32(21-51-37(3,4)5)43-34(48)30(16-23-11-13-26(46)14-12-23)41-35(49)31(20-45)42-33(47)29(38-6)17-24-18-39-28-10-8-7-9-27(24)28/h7-14,18-19,22,25,29-32,38-39,45-46H,15-17,20-21H2,1-6H3,(H,40,50)(H,41,49)(H,42,47)(H,43,48). The first-order chi connectivity index (χ1) is 24.1. The average Bonchev–Trinajstić information content (AvgIpc) is 3.49. The molecule has 0 bridgehead atoms. The number of fused-ring (bicyclic) bond motifs is 1. The van der Waals surface area contributed by atoms with Crippen LogP contribution in [0.3, 0.4) is 0 Å². The smallest absolute Gasteiger partial charge is 0.245 e. The highest BCUT2D eigenvalue weighted by Crippen LogP contribution is 2.19. The summed E-state index contributed by atoms with van der Waals surface area (Å²) < 4.78 is 5.83. The fraction of sp³-hybridized carbons (Fsp3) is 0.486. The molecule has 0 aliphatic rings. The highest BCUT2D eigenvalue weighted by molar-refractivity contribution is 5.95. The lowest BCUT2D eigenvalue weighted by molar-refractivity contribution is -0.136. The fourth-order valence-corrected chi connectivity index (χ4v) is 5.39. The largest absolute Gasteiger partial charge is 0.508 e. The van der Waals surface area contributed by atoms with Crippen LogP contribution in [-0.4, -0.2) is 101 Å². The van der Waals surface area contributed by atoms with E-state index >= 15 is 0 Å². The molecule has 14 heteroatoms. The van der Waals surface area contributed by atoms with E-state index in [9.17, 15) is 34.2 Å². The van der Waals surface area contributed by atoms with Crippen molar-refractivity contribution >= 4 is 40.8 Å². The topological polar surface area (TPSA) is 211 Å². The van der Waals surface area contributed by atoms with Gasteiger partial charge in [-0.1, -0.05) is 44.2 Å². The molecule has 0 fully saturated rings.